The highest BCUT2D eigenvalue weighted by molar-refractivity contribution is 5.76. The lowest BCUT2D eigenvalue weighted by molar-refractivity contribution is -0.131. The molecule has 0 saturated carbocycles. The molecule has 0 spiro atoms. The van der Waals surface area contributed by atoms with Crippen LogP contribution in [0.2, 0.25) is 0 Å². The summed E-state index contributed by atoms with van der Waals surface area (Å²) in [4.78, 5) is 13.4. The van der Waals surface area contributed by atoms with Crippen LogP contribution in [0.15, 0.2) is 0 Å². The Hall–Kier alpha value is -0.530. The Morgan fingerprint density at radius 3 is 2.08 bits per heavy atom. The molecule has 0 aliphatic heterocycles. The van der Waals surface area contributed by atoms with Crippen molar-refractivity contribution < 1.29 is 4.79 Å². The van der Waals surface area contributed by atoms with E-state index >= 15 is 0 Å². The van der Waals surface area contributed by atoms with Crippen molar-refractivity contribution in [3.63, 3.8) is 0 Å². The van der Waals surface area contributed by atoms with Gasteiger partial charge in [-0.3, -0.25) is 4.79 Å². The Kier molecular flexibility index (Phi) is 5.77. The van der Waals surface area contributed by atoms with E-state index in [1.165, 1.54) is 0 Å². The van der Waals surface area contributed by atoms with Gasteiger partial charge in [0.25, 0.3) is 0 Å². The molecular weight excluding hydrogens is 150 g/mol. The number of hydrogen-bond donors (Lipinski definition) is 0. The molecule has 0 fully saturated rings. The summed E-state index contributed by atoms with van der Waals surface area (Å²) in [5.74, 6) is 0.826. The lowest BCUT2D eigenvalue weighted by atomic mass is 10.0. The maximum Gasteiger partial charge on any atom is 0.222 e. The zero-order valence-electron chi connectivity index (χ0n) is 8.76. The van der Waals surface area contributed by atoms with Gasteiger partial charge in [-0.2, -0.15) is 0 Å². The van der Waals surface area contributed by atoms with Gasteiger partial charge in [-0.25, -0.2) is 0 Å². The molecule has 0 aromatic heterocycles. The second kappa shape index (κ2) is 6.04. The van der Waals surface area contributed by atoms with Gasteiger partial charge in [-0.15, -0.1) is 0 Å². The van der Waals surface area contributed by atoms with Gasteiger partial charge in [0.05, 0.1) is 0 Å². The van der Waals surface area contributed by atoms with Crippen LogP contribution in [0, 0.1) is 5.92 Å². The zero-order chi connectivity index (χ0) is 9.56. The first kappa shape index (κ1) is 11.5. The monoisotopic (exact) mass is 171 g/mol. The van der Waals surface area contributed by atoms with Crippen molar-refractivity contribution in [1.29, 1.82) is 0 Å². The first-order chi connectivity index (χ1) is 5.65. The predicted molar refractivity (Wildman–Crippen MR) is 52.0 cm³/mol. The van der Waals surface area contributed by atoms with E-state index in [2.05, 4.69) is 13.8 Å². The average molecular weight is 171 g/mol. The maximum absolute atomic E-state index is 11.5. The highest BCUT2D eigenvalue weighted by Crippen LogP contribution is 2.08. The topological polar surface area (TPSA) is 20.3 Å². The van der Waals surface area contributed by atoms with Crippen molar-refractivity contribution in [2.75, 3.05) is 13.1 Å². The molecule has 0 aliphatic carbocycles. The first-order valence-electron chi connectivity index (χ1n) is 4.93. The standard InChI is InChI=1S/C10H21NO/c1-5-9(4)8-10(12)11(6-2)7-3/h9H,5-8H2,1-4H3. The maximum atomic E-state index is 11.5. The summed E-state index contributed by atoms with van der Waals surface area (Å²) in [5.41, 5.74) is 0. The van der Waals surface area contributed by atoms with E-state index < -0.39 is 0 Å². The molecule has 2 heteroatoms. The summed E-state index contributed by atoms with van der Waals surface area (Å²) in [7, 11) is 0. The van der Waals surface area contributed by atoms with Crippen molar-refractivity contribution in [3.05, 3.63) is 0 Å². The van der Waals surface area contributed by atoms with Crippen molar-refractivity contribution >= 4 is 5.91 Å². The van der Waals surface area contributed by atoms with Crippen LogP contribution in [0.25, 0.3) is 0 Å². The molecular formula is C10H21NO. The van der Waals surface area contributed by atoms with Gasteiger partial charge < -0.3 is 4.90 Å². The Balaban J connectivity index is 3.84. The molecule has 72 valence electrons. The molecule has 0 bridgehead atoms. The highest BCUT2D eigenvalue weighted by Gasteiger charge is 2.11. The average Bonchev–Trinajstić information content (AvgIpc) is 2.06. The van der Waals surface area contributed by atoms with Crippen LogP contribution in [-0.4, -0.2) is 23.9 Å². The van der Waals surface area contributed by atoms with Crippen molar-refractivity contribution in [2.45, 2.75) is 40.5 Å². The number of amides is 1. The van der Waals surface area contributed by atoms with E-state index in [1.807, 2.05) is 18.7 Å². The summed E-state index contributed by atoms with van der Waals surface area (Å²) in [6.45, 7) is 9.98. The number of nitrogens with zero attached hydrogens (tertiary/aromatic N) is 1. The van der Waals surface area contributed by atoms with E-state index in [1.54, 1.807) is 0 Å². The molecule has 0 heterocycles. The van der Waals surface area contributed by atoms with Crippen LogP contribution in [0.1, 0.15) is 40.5 Å². The van der Waals surface area contributed by atoms with E-state index in [-0.39, 0.29) is 0 Å². The number of hydrogen-bond acceptors (Lipinski definition) is 1. The van der Waals surface area contributed by atoms with Gasteiger partial charge in [0.1, 0.15) is 0 Å². The largest absolute Gasteiger partial charge is 0.343 e. The molecule has 12 heavy (non-hydrogen) atoms. The summed E-state index contributed by atoms with van der Waals surface area (Å²) >= 11 is 0. The summed E-state index contributed by atoms with van der Waals surface area (Å²) in [5, 5.41) is 0. The van der Waals surface area contributed by atoms with Gasteiger partial charge in [0.15, 0.2) is 0 Å². The van der Waals surface area contributed by atoms with Gasteiger partial charge in [0, 0.05) is 19.5 Å². The van der Waals surface area contributed by atoms with Crippen molar-refractivity contribution in [1.82, 2.24) is 4.90 Å². The highest BCUT2D eigenvalue weighted by atomic mass is 16.2. The second-order valence-electron chi connectivity index (χ2n) is 3.28. The molecule has 0 radical (unpaired) electrons. The van der Waals surface area contributed by atoms with E-state index in [0.29, 0.717) is 18.2 Å². The third kappa shape index (κ3) is 3.74. The molecule has 1 unspecified atom stereocenters. The lowest BCUT2D eigenvalue weighted by Crippen LogP contribution is -2.31. The lowest BCUT2D eigenvalue weighted by Gasteiger charge is -2.20. The Morgan fingerprint density at radius 1 is 1.25 bits per heavy atom. The fourth-order valence-electron chi connectivity index (χ4n) is 1.15. The van der Waals surface area contributed by atoms with E-state index in [9.17, 15) is 4.79 Å². The van der Waals surface area contributed by atoms with Crippen LogP contribution in [-0.2, 0) is 4.79 Å². The minimum absolute atomic E-state index is 0.300. The van der Waals surface area contributed by atoms with E-state index in [0.717, 1.165) is 19.5 Å². The predicted octanol–water partition coefficient (Wildman–Crippen LogP) is 2.29. The first-order valence-corrected chi connectivity index (χ1v) is 4.93. The molecule has 0 rings (SSSR count). The molecule has 1 atom stereocenters. The van der Waals surface area contributed by atoms with Crippen LogP contribution in [0.5, 0.6) is 0 Å². The summed E-state index contributed by atoms with van der Waals surface area (Å²) < 4.78 is 0. The SMILES string of the molecule is CCC(C)CC(=O)N(CC)CC. The summed E-state index contributed by atoms with van der Waals surface area (Å²) in [6, 6.07) is 0. The number of carbonyl (C=O) groups excluding carboxylic acids is 1. The van der Waals surface area contributed by atoms with Gasteiger partial charge in [-0.05, 0) is 19.8 Å². The second-order valence-corrected chi connectivity index (χ2v) is 3.28. The van der Waals surface area contributed by atoms with Gasteiger partial charge in [-0.1, -0.05) is 20.3 Å². The van der Waals surface area contributed by atoms with Crippen LogP contribution < -0.4 is 0 Å². The zero-order valence-corrected chi connectivity index (χ0v) is 8.76. The molecule has 0 saturated heterocycles. The number of carbonyl (C=O) groups is 1. The molecule has 2 nitrogen and oxygen atoms in total. The quantitative estimate of drug-likeness (QED) is 0.621. The van der Waals surface area contributed by atoms with Gasteiger partial charge in [0.2, 0.25) is 5.91 Å². The summed E-state index contributed by atoms with van der Waals surface area (Å²) in [6.07, 6.45) is 1.80. The van der Waals surface area contributed by atoms with Crippen LogP contribution in [0.3, 0.4) is 0 Å². The van der Waals surface area contributed by atoms with Gasteiger partial charge >= 0.3 is 0 Å². The molecule has 1 amide bonds. The Labute approximate surface area is 75.9 Å². The fourth-order valence-corrected chi connectivity index (χ4v) is 1.15. The molecule has 0 aromatic carbocycles. The molecule has 0 N–H and O–H groups in total. The normalized spacial score (nSPS) is 12.7. The number of rotatable bonds is 5. The fraction of sp³-hybridized carbons (Fsp3) is 0.900. The Bertz CT molecular complexity index is 130. The van der Waals surface area contributed by atoms with Crippen molar-refractivity contribution in [3.8, 4) is 0 Å². The Morgan fingerprint density at radius 2 is 1.75 bits per heavy atom. The third-order valence-electron chi connectivity index (χ3n) is 2.34. The van der Waals surface area contributed by atoms with E-state index in [4.69, 9.17) is 0 Å². The smallest absolute Gasteiger partial charge is 0.222 e. The minimum Gasteiger partial charge on any atom is -0.343 e. The van der Waals surface area contributed by atoms with Crippen molar-refractivity contribution in [2.24, 2.45) is 5.92 Å². The van der Waals surface area contributed by atoms with Crippen LogP contribution in [0.4, 0.5) is 0 Å². The third-order valence-corrected chi connectivity index (χ3v) is 2.34. The van der Waals surface area contributed by atoms with Crippen LogP contribution >= 0.6 is 0 Å². The minimum atomic E-state index is 0.300. The molecule has 0 aliphatic rings. The molecule has 0 aromatic rings.